The molecule has 0 unspecified atom stereocenters. The van der Waals surface area contributed by atoms with Gasteiger partial charge < -0.3 is 22.5 Å². The maximum absolute atomic E-state index is 11.2. The van der Waals surface area contributed by atoms with Crippen molar-refractivity contribution in [2.45, 2.75) is 26.7 Å². The Kier molecular flexibility index (Phi) is 7.00. The number of rotatable bonds is 4. The number of nitrogens with one attached hydrogen (secondary N) is 1. The Balaban J connectivity index is 0.000000269. The lowest BCUT2D eigenvalue weighted by molar-refractivity contribution is 0.112. The van der Waals surface area contributed by atoms with E-state index in [0.717, 1.165) is 17.4 Å². The normalized spacial score (nSPS) is 10.7. The summed E-state index contributed by atoms with van der Waals surface area (Å²) >= 11 is 1.22. The average Bonchev–Trinajstić information content (AvgIpc) is 3.10. The third-order valence-corrected chi connectivity index (χ3v) is 6.38. The number of nitrogens with two attached hydrogens (primary N) is 3. The van der Waals surface area contributed by atoms with Crippen molar-refractivity contribution in [1.82, 2.24) is 4.98 Å². The SMILES string of the molecule is CC(C)c1ccc(-c2c(N)c(N)nc3sc(C=O)c(N)c23)cc1.CNc1ccccc1C. The molecule has 0 amide bonds. The Hall–Kier alpha value is -3.58. The highest BCUT2D eigenvalue weighted by molar-refractivity contribution is 7.21. The number of aromatic nitrogens is 1. The lowest BCUT2D eigenvalue weighted by Gasteiger charge is -2.12. The van der Waals surface area contributed by atoms with Crippen LogP contribution < -0.4 is 22.5 Å². The van der Waals surface area contributed by atoms with Gasteiger partial charge >= 0.3 is 0 Å². The number of benzene rings is 2. The second-order valence-corrected chi connectivity index (χ2v) is 8.84. The van der Waals surface area contributed by atoms with Crippen LogP contribution in [0.1, 0.15) is 40.6 Å². The maximum atomic E-state index is 11.2. The average molecular weight is 448 g/mol. The highest BCUT2D eigenvalue weighted by atomic mass is 32.1. The van der Waals surface area contributed by atoms with Gasteiger partial charge in [-0.3, -0.25) is 4.79 Å². The van der Waals surface area contributed by atoms with Crippen LogP contribution in [-0.2, 0) is 0 Å². The summed E-state index contributed by atoms with van der Waals surface area (Å²) in [5.74, 6) is 0.691. The van der Waals surface area contributed by atoms with Gasteiger partial charge in [0.25, 0.3) is 0 Å². The number of nitrogen functional groups attached to an aromatic ring is 3. The molecule has 2 aromatic carbocycles. The molecule has 2 heterocycles. The van der Waals surface area contributed by atoms with E-state index in [1.807, 2.05) is 31.3 Å². The minimum atomic E-state index is 0.249. The van der Waals surface area contributed by atoms with Gasteiger partial charge in [-0.05, 0) is 35.6 Å². The van der Waals surface area contributed by atoms with Crippen LogP contribution in [0.3, 0.4) is 0 Å². The van der Waals surface area contributed by atoms with Crippen molar-refractivity contribution >= 4 is 50.7 Å². The number of aldehydes is 1. The van der Waals surface area contributed by atoms with Gasteiger partial charge in [-0.25, -0.2) is 4.98 Å². The number of carbonyl (C=O) groups excluding carboxylic acids is 1. The highest BCUT2D eigenvalue weighted by Gasteiger charge is 2.19. The number of hydrogen-bond acceptors (Lipinski definition) is 7. The molecular formula is C25H29N5OS. The molecule has 0 saturated heterocycles. The van der Waals surface area contributed by atoms with Gasteiger partial charge in [-0.15, -0.1) is 11.3 Å². The van der Waals surface area contributed by atoms with E-state index < -0.39 is 0 Å². The molecule has 0 fully saturated rings. The number of hydrogen-bond donors (Lipinski definition) is 4. The molecule has 0 atom stereocenters. The Morgan fingerprint density at radius 2 is 1.66 bits per heavy atom. The Morgan fingerprint density at radius 3 is 2.19 bits per heavy atom. The fourth-order valence-electron chi connectivity index (χ4n) is 3.48. The summed E-state index contributed by atoms with van der Waals surface area (Å²) in [5, 5.41) is 3.79. The molecule has 7 N–H and O–H groups in total. The van der Waals surface area contributed by atoms with E-state index in [0.29, 0.717) is 32.4 Å². The second-order valence-electron chi connectivity index (χ2n) is 7.81. The van der Waals surface area contributed by atoms with E-state index in [1.165, 1.54) is 28.2 Å². The van der Waals surface area contributed by atoms with Gasteiger partial charge in [0, 0.05) is 23.7 Å². The molecule has 0 saturated carbocycles. The fraction of sp³-hybridized carbons (Fsp3) is 0.200. The summed E-state index contributed by atoms with van der Waals surface area (Å²) < 4.78 is 0. The van der Waals surface area contributed by atoms with E-state index in [9.17, 15) is 4.79 Å². The largest absolute Gasteiger partial charge is 0.397 e. The smallest absolute Gasteiger partial charge is 0.162 e. The number of anilines is 4. The van der Waals surface area contributed by atoms with Crippen molar-refractivity contribution in [2.75, 3.05) is 29.6 Å². The first kappa shape index (κ1) is 23.1. The van der Waals surface area contributed by atoms with Crippen molar-refractivity contribution in [3.63, 3.8) is 0 Å². The molecule has 32 heavy (non-hydrogen) atoms. The van der Waals surface area contributed by atoms with Crippen molar-refractivity contribution in [3.05, 3.63) is 64.5 Å². The van der Waals surface area contributed by atoms with Crippen LogP contribution in [-0.4, -0.2) is 18.3 Å². The van der Waals surface area contributed by atoms with Crippen molar-refractivity contribution < 1.29 is 4.79 Å². The zero-order valence-electron chi connectivity index (χ0n) is 18.8. The van der Waals surface area contributed by atoms with E-state index in [-0.39, 0.29) is 5.82 Å². The summed E-state index contributed by atoms with van der Waals surface area (Å²) in [4.78, 5) is 16.5. The molecule has 0 aliphatic rings. The lowest BCUT2D eigenvalue weighted by Crippen LogP contribution is -2.01. The van der Waals surface area contributed by atoms with Gasteiger partial charge in [0.2, 0.25) is 0 Å². The van der Waals surface area contributed by atoms with E-state index in [1.54, 1.807) is 0 Å². The third-order valence-electron chi connectivity index (χ3n) is 5.36. The number of para-hydroxylation sites is 1. The molecule has 7 heteroatoms. The Bertz CT molecular complexity index is 1250. The summed E-state index contributed by atoms with van der Waals surface area (Å²) in [6.07, 6.45) is 0.736. The quantitative estimate of drug-likeness (QED) is 0.299. The fourth-order valence-corrected chi connectivity index (χ4v) is 4.40. The molecule has 0 aliphatic carbocycles. The second kappa shape index (κ2) is 9.70. The van der Waals surface area contributed by atoms with Gasteiger partial charge in [-0.1, -0.05) is 56.3 Å². The van der Waals surface area contributed by atoms with Crippen LogP contribution in [0.5, 0.6) is 0 Å². The molecule has 2 aromatic heterocycles. The molecule has 4 aromatic rings. The van der Waals surface area contributed by atoms with Gasteiger partial charge in [0.1, 0.15) is 10.6 Å². The number of fused-ring (bicyclic) bond motifs is 1. The number of nitrogens with zero attached hydrogens (tertiary/aromatic N) is 1. The molecular weight excluding hydrogens is 418 g/mol. The summed E-state index contributed by atoms with van der Waals surface area (Å²) in [6, 6.07) is 16.3. The zero-order chi connectivity index (χ0) is 23.4. The molecule has 0 bridgehead atoms. The summed E-state index contributed by atoms with van der Waals surface area (Å²) in [7, 11) is 1.93. The van der Waals surface area contributed by atoms with Crippen LogP contribution in [0.2, 0.25) is 0 Å². The summed E-state index contributed by atoms with van der Waals surface area (Å²) in [5.41, 5.74) is 24.4. The molecule has 0 spiro atoms. The molecule has 166 valence electrons. The molecule has 6 nitrogen and oxygen atoms in total. The van der Waals surface area contributed by atoms with Gasteiger partial charge in [0.05, 0.1) is 16.3 Å². The molecule has 0 radical (unpaired) electrons. The standard InChI is InChI=1S/C17H18N4OS.C8H11N/c1-8(2)9-3-5-10(6-4-9)12-13-14(18)11(7-22)23-17(13)21-16(20)15(12)19;1-7-5-3-4-6-8(7)9-2/h3-8H,18-19H2,1-2H3,(H2,20,21);3-6,9H,1-2H3. The predicted molar refractivity (Wildman–Crippen MR) is 138 cm³/mol. The minimum absolute atomic E-state index is 0.249. The zero-order valence-corrected chi connectivity index (χ0v) is 19.6. The van der Waals surface area contributed by atoms with Crippen molar-refractivity contribution in [1.29, 1.82) is 0 Å². The van der Waals surface area contributed by atoms with Crippen LogP contribution in [0, 0.1) is 6.92 Å². The predicted octanol–water partition coefficient (Wildman–Crippen LogP) is 5.68. The molecule has 0 aliphatic heterocycles. The van der Waals surface area contributed by atoms with Crippen molar-refractivity contribution in [3.8, 4) is 11.1 Å². The minimum Gasteiger partial charge on any atom is -0.397 e. The van der Waals surface area contributed by atoms with Gasteiger partial charge in [0.15, 0.2) is 6.29 Å². The number of thiophene rings is 1. The first-order valence-electron chi connectivity index (χ1n) is 10.3. The number of pyridine rings is 1. The van der Waals surface area contributed by atoms with Gasteiger partial charge in [-0.2, -0.15) is 0 Å². The van der Waals surface area contributed by atoms with E-state index in [2.05, 4.69) is 55.3 Å². The van der Waals surface area contributed by atoms with E-state index >= 15 is 0 Å². The first-order chi connectivity index (χ1) is 15.3. The monoisotopic (exact) mass is 447 g/mol. The molecule has 4 rings (SSSR count). The lowest BCUT2D eigenvalue weighted by atomic mass is 9.96. The highest BCUT2D eigenvalue weighted by Crippen LogP contribution is 2.43. The van der Waals surface area contributed by atoms with Crippen LogP contribution in [0.25, 0.3) is 21.3 Å². The summed E-state index contributed by atoms with van der Waals surface area (Å²) in [6.45, 7) is 6.37. The number of aryl methyl sites for hydroxylation is 1. The Morgan fingerprint density at radius 1 is 1.00 bits per heavy atom. The number of carbonyl (C=O) groups is 1. The first-order valence-corrected chi connectivity index (χ1v) is 11.2. The van der Waals surface area contributed by atoms with Crippen LogP contribution in [0.4, 0.5) is 22.9 Å². The van der Waals surface area contributed by atoms with E-state index in [4.69, 9.17) is 17.2 Å². The van der Waals surface area contributed by atoms with Crippen LogP contribution in [0.15, 0.2) is 48.5 Å². The van der Waals surface area contributed by atoms with Crippen LogP contribution >= 0.6 is 11.3 Å². The van der Waals surface area contributed by atoms with Crippen molar-refractivity contribution in [2.24, 2.45) is 0 Å². The maximum Gasteiger partial charge on any atom is 0.162 e. The Labute approximate surface area is 192 Å². The third kappa shape index (κ3) is 4.53. The topological polar surface area (TPSA) is 120 Å².